The summed E-state index contributed by atoms with van der Waals surface area (Å²) in [6.45, 7) is -1.36. The summed E-state index contributed by atoms with van der Waals surface area (Å²) < 4.78 is 16.8. The van der Waals surface area contributed by atoms with Gasteiger partial charge in [-0.2, -0.15) is 0 Å². The first-order chi connectivity index (χ1) is 5.55. The van der Waals surface area contributed by atoms with Gasteiger partial charge in [-0.3, -0.25) is 0 Å². The van der Waals surface area contributed by atoms with E-state index in [2.05, 4.69) is 4.74 Å². The summed E-state index contributed by atoms with van der Waals surface area (Å²) in [5.41, 5.74) is 5.13. The van der Waals surface area contributed by atoms with Crippen molar-refractivity contribution < 1.29 is 24.4 Å². The molecular formula is C6H12FNO4. The van der Waals surface area contributed by atoms with E-state index in [4.69, 9.17) is 15.9 Å². The van der Waals surface area contributed by atoms with Gasteiger partial charge < -0.3 is 25.8 Å². The second-order valence-electron chi connectivity index (χ2n) is 2.81. The van der Waals surface area contributed by atoms with Crippen LogP contribution >= 0.6 is 0 Å². The van der Waals surface area contributed by atoms with Crippen LogP contribution in [0.5, 0.6) is 0 Å². The summed E-state index contributed by atoms with van der Waals surface area (Å²) in [4.78, 5) is 0. The first-order valence-electron chi connectivity index (χ1n) is 3.57. The minimum Gasteiger partial charge on any atom is -0.387 e. The van der Waals surface area contributed by atoms with Gasteiger partial charge in [0.1, 0.15) is 25.0 Å². The molecule has 0 aromatic carbocycles. The van der Waals surface area contributed by atoms with Crippen LogP contribution in [0.25, 0.3) is 0 Å². The predicted molar refractivity (Wildman–Crippen MR) is 36.9 cm³/mol. The quantitative estimate of drug-likeness (QED) is 0.385. The lowest BCUT2D eigenvalue weighted by atomic mass is 10.1. The standard InChI is InChI=1S/C6H12FNO4/c7-2-6(11)5(10)4(9)3(1-8)12-6/h3-5,9-11H,1-2,8H2/t3-,4+,5-,6?/m0/s1. The second kappa shape index (κ2) is 3.23. The van der Waals surface area contributed by atoms with Crippen molar-refractivity contribution in [2.75, 3.05) is 13.2 Å². The van der Waals surface area contributed by atoms with E-state index in [0.717, 1.165) is 0 Å². The zero-order chi connectivity index (χ0) is 9.35. The van der Waals surface area contributed by atoms with Gasteiger partial charge in [0.25, 0.3) is 0 Å². The number of aliphatic hydroxyl groups is 3. The van der Waals surface area contributed by atoms with Crippen molar-refractivity contribution in [3.8, 4) is 0 Å². The Balaban J connectivity index is 2.72. The highest BCUT2D eigenvalue weighted by atomic mass is 19.1. The molecule has 5 N–H and O–H groups in total. The number of rotatable bonds is 2. The van der Waals surface area contributed by atoms with E-state index in [1.54, 1.807) is 0 Å². The van der Waals surface area contributed by atoms with Gasteiger partial charge in [0.05, 0.1) is 0 Å². The smallest absolute Gasteiger partial charge is 0.224 e. The Labute approximate surface area is 68.6 Å². The minimum atomic E-state index is -2.30. The number of hydrogen-bond donors (Lipinski definition) is 4. The van der Waals surface area contributed by atoms with E-state index in [-0.39, 0.29) is 6.54 Å². The van der Waals surface area contributed by atoms with Gasteiger partial charge in [-0.25, -0.2) is 4.39 Å². The molecule has 0 radical (unpaired) electrons. The highest BCUT2D eigenvalue weighted by Crippen LogP contribution is 2.28. The summed E-state index contributed by atoms with van der Waals surface area (Å²) in [6.07, 6.45) is -3.90. The third kappa shape index (κ3) is 1.32. The molecule has 1 saturated heterocycles. The Morgan fingerprint density at radius 3 is 2.33 bits per heavy atom. The van der Waals surface area contributed by atoms with Crippen LogP contribution in [0.3, 0.4) is 0 Å². The number of ether oxygens (including phenoxy) is 1. The number of alkyl halides is 1. The molecule has 1 unspecified atom stereocenters. The van der Waals surface area contributed by atoms with Gasteiger partial charge in [0.2, 0.25) is 5.79 Å². The van der Waals surface area contributed by atoms with E-state index in [1.807, 2.05) is 0 Å². The third-order valence-electron chi connectivity index (χ3n) is 1.95. The summed E-state index contributed by atoms with van der Waals surface area (Å²) in [6, 6.07) is 0. The van der Waals surface area contributed by atoms with Gasteiger partial charge in [-0.15, -0.1) is 0 Å². The highest BCUT2D eigenvalue weighted by Gasteiger charge is 2.52. The van der Waals surface area contributed by atoms with Crippen LogP contribution in [-0.2, 0) is 4.74 Å². The van der Waals surface area contributed by atoms with Crippen LogP contribution in [0.4, 0.5) is 4.39 Å². The molecule has 12 heavy (non-hydrogen) atoms. The lowest BCUT2D eigenvalue weighted by molar-refractivity contribution is -0.233. The van der Waals surface area contributed by atoms with E-state index in [1.165, 1.54) is 0 Å². The third-order valence-corrected chi connectivity index (χ3v) is 1.95. The molecule has 0 aliphatic carbocycles. The van der Waals surface area contributed by atoms with E-state index >= 15 is 0 Å². The molecule has 1 fully saturated rings. The molecule has 1 aliphatic heterocycles. The summed E-state index contributed by atoms with van der Waals surface area (Å²) in [7, 11) is 0. The first kappa shape index (κ1) is 9.82. The van der Waals surface area contributed by atoms with Gasteiger partial charge >= 0.3 is 0 Å². The van der Waals surface area contributed by atoms with Gasteiger partial charge in [0.15, 0.2) is 0 Å². The molecular weight excluding hydrogens is 169 g/mol. The number of aliphatic hydroxyl groups excluding tert-OH is 2. The number of halogens is 1. The topological polar surface area (TPSA) is 95.9 Å². The maximum Gasteiger partial charge on any atom is 0.224 e. The maximum absolute atomic E-state index is 12.1. The van der Waals surface area contributed by atoms with Crippen molar-refractivity contribution in [1.29, 1.82) is 0 Å². The lowest BCUT2D eigenvalue weighted by Crippen LogP contribution is -2.44. The van der Waals surface area contributed by atoms with Crippen LogP contribution < -0.4 is 5.73 Å². The summed E-state index contributed by atoms with van der Waals surface area (Å²) >= 11 is 0. The molecule has 0 amide bonds. The fraction of sp³-hybridized carbons (Fsp3) is 1.00. The second-order valence-corrected chi connectivity index (χ2v) is 2.81. The zero-order valence-corrected chi connectivity index (χ0v) is 6.35. The van der Waals surface area contributed by atoms with Crippen LogP contribution in [0.15, 0.2) is 0 Å². The van der Waals surface area contributed by atoms with Crippen LogP contribution in [0.1, 0.15) is 0 Å². The average molecular weight is 181 g/mol. The fourth-order valence-electron chi connectivity index (χ4n) is 1.17. The van der Waals surface area contributed by atoms with Crippen molar-refractivity contribution in [3.63, 3.8) is 0 Å². The Morgan fingerprint density at radius 1 is 1.50 bits per heavy atom. The molecule has 4 atom stereocenters. The van der Waals surface area contributed by atoms with E-state index in [0.29, 0.717) is 0 Å². The molecule has 1 rings (SSSR count). The number of nitrogens with two attached hydrogens (primary N) is 1. The Bertz CT molecular complexity index is 170. The molecule has 0 saturated carbocycles. The molecule has 0 bridgehead atoms. The lowest BCUT2D eigenvalue weighted by Gasteiger charge is -2.21. The molecule has 0 aromatic heterocycles. The highest BCUT2D eigenvalue weighted by molar-refractivity contribution is 4.95. The normalized spacial score (nSPS) is 48.2. The minimum absolute atomic E-state index is 0.0828. The fourth-order valence-corrected chi connectivity index (χ4v) is 1.17. The first-order valence-corrected chi connectivity index (χ1v) is 3.57. The number of hydrogen-bond acceptors (Lipinski definition) is 5. The van der Waals surface area contributed by atoms with Crippen LogP contribution in [0, 0.1) is 0 Å². The maximum atomic E-state index is 12.1. The van der Waals surface area contributed by atoms with Gasteiger partial charge in [-0.05, 0) is 0 Å². The van der Waals surface area contributed by atoms with E-state index < -0.39 is 30.8 Å². The molecule has 1 aliphatic rings. The van der Waals surface area contributed by atoms with Crippen molar-refractivity contribution >= 4 is 0 Å². The monoisotopic (exact) mass is 181 g/mol. The Kier molecular flexibility index (Phi) is 2.64. The average Bonchev–Trinajstić information content (AvgIpc) is 2.31. The van der Waals surface area contributed by atoms with Crippen molar-refractivity contribution in [2.24, 2.45) is 5.73 Å². The predicted octanol–water partition coefficient (Wildman–Crippen LogP) is -2.28. The van der Waals surface area contributed by atoms with E-state index in [9.17, 15) is 9.50 Å². The van der Waals surface area contributed by atoms with Gasteiger partial charge in [-0.1, -0.05) is 0 Å². The van der Waals surface area contributed by atoms with Crippen LogP contribution in [-0.4, -0.2) is 52.6 Å². The van der Waals surface area contributed by atoms with Crippen molar-refractivity contribution in [1.82, 2.24) is 0 Å². The Morgan fingerprint density at radius 2 is 2.08 bits per heavy atom. The zero-order valence-electron chi connectivity index (χ0n) is 6.35. The molecule has 6 heteroatoms. The molecule has 5 nitrogen and oxygen atoms in total. The SMILES string of the molecule is NC[C@@H]1OC(O)(CF)[C@@H](O)[C@@H]1O. The molecule has 1 heterocycles. The largest absolute Gasteiger partial charge is 0.387 e. The van der Waals surface area contributed by atoms with Crippen molar-refractivity contribution in [3.05, 3.63) is 0 Å². The summed E-state index contributed by atoms with van der Waals surface area (Å²) in [5, 5.41) is 27.4. The molecule has 72 valence electrons. The molecule has 0 aromatic rings. The van der Waals surface area contributed by atoms with Gasteiger partial charge in [0, 0.05) is 6.54 Å². The molecule has 0 spiro atoms. The Hall–Kier alpha value is -0.270. The van der Waals surface area contributed by atoms with Crippen LogP contribution in [0.2, 0.25) is 0 Å². The van der Waals surface area contributed by atoms with Crippen molar-refractivity contribution in [2.45, 2.75) is 24.1 Å². The summed E-state index contributed by atoms with van der Waals surface area (Å²) in [5.74, 6) is -2.30.